The first-order valence-corrected chi connectivity index (χ1v) is 7.41. The lowest BCUT2D eigenvalue weighted by Crippen LogP contribution is -2.34. The van der Waals surface area contributed by atoms with Gasteiger partial charge in [0, 0.05) is 13.1 Å². The molecule has 0 saturated heterocycles. The van der Waals surface area contributed by atoms with Crippen molar-refractivity contribution in [3.05, 3.63) is 29.8 Å². The third-order valence-electron chi connectivity index (χ3n) is 3.25. The van der Waals surface area contributed by atoms with Gasteiger partial charge in [0.15, 0.2) is 6.61 Å². The van der Waals surface area contributed by atoms with Gasteiger partial charge in [-0.3, -0.25) is 4.79 Å². The van der Waals surface area contributed by atoms with Crippen LogP contribution in [-0.4, -0.2) is 49.4 Å². The Morgan fingerprint density at radius 2 is 1.78 bits per heavy atom. The molecule has 0 aliphatic rings. The molecule has 23 heavy (non-hydrogen) atoms. The number of benzene rings is 1. The number of rotatable bonds is 7. The van der Waals surface area contributed by atoms with Crippen molar-refractivity contribution >= 4 is 17.7 Å². The number of hydrazone groups is 1. The van der Waals surface area contributed by atoms with Crippen molar-refractivity contribution in [2.45, 2.75) is 20.8 Å². The lowest BCUT2D eigenvalue weighted by molar-refractivity contribution is -0.132. The summed E-state index contributed by atoms with van der Waals surface area (Å²) >= 11 is 0. The van der Waals surface area contributed by atoms with Gasteiger partial charge in [0.25, 0.3) is 5.91 Å². The SMILES string of the molecule is CCN(CC)C(=O)COc1ccc(/C(C)=N\NC(=O)OC)cc1. The molecule has 1 aromatic carbocycles. The van der Waals surface area contributed by atoms with Crippen molar-refractivity contribution in [2.24, 2.45) is 5.10 Å². The minimum atomic E-state index is -0.626. The van der Waals surface area contributed by atoms with Crippen LogP contribution in [0.3, 0.4) is 0 Å². The fraction of sp³-hybridized carbons (Fsp3) is 0.438. The minimum Gasteiger partial charge on any atom is -0.484 e. The van der Waals surface area contributed by atoms with E-state index in [1.165, 1.54) is 7.11 Å². The molecule has 0 unspecified atom stereocenters. The Labute approximate surface area is 136 Å². The first-order chi connectivity index (χ1) is 11.0. The minimum absolute atomic E-state index is 0.0119. The summed E-state index contributed by atoms with van der Waals surface area (Å²) in [5.41, 5.74) is 3.71. The summed E-state index contributed by atoms with van der Waals surface area (Å²) in [7, 11) is 1.27. The summed E-state index contributed by atoms with van der Waals surface area (Å²) in [6.45, 7) is 6.97. The normalized spacial score (nSPS) is 10.9. The first kappa shape index (κ1) is 18.5. The van der Waals surface area contributed by atoms with E-state index < -0.39 is 6.09 Å². The van der Waals surface area contributed by atoms with Gasteiger partial charge in [-0.25, -0.2) is 10.2 Å². The summed E-state index contributed by atoms with van der Waals surface area (Å²) in [6, 6.07) is 7.11. The second kappa shape index (κ2) is 9.45. The number of hydrogen-bond acceptors (Lipinski definition) is 5. The number of ether oxygens (including phenoxy) is 2. The van der Waals surface area contributed by atoms with Crippen LogP contribution in [0.25, 0.3) is 0 Å². The molecule has 0 aromatic heterocycles. The molecule has 0 bridgehead atoms. The van der Waals surface area contributed by atoms with Crippen molar-refractivity contribution in [3.63, 3.8) is 0 Å². The zero-order chi connectivity index (χ0) is 17.2. The van der Waals surface area contributed by atoms with E-state index in [0.717, 1.165) is 5.56 Å². The maximum absolute atomic E-state index is 11.9. The van der Waals surface area contributed by atoms with Crippen LogP contribution in [-0.2, 0) is 9.53 Å². The second-order valence-corrected chi connectivity index (χ2v) is 4.68. The molecule has 0 spiro atoms. The summed E-state index contributed by atoms with van der Waals surface area (Å²) in [4.78, 5) is 24.5. The fourth-order valence-corrected chi connectivity index (χ4v) is 1.84. The van der Waals surface area contributed by atoms with Gasteiger partial charge in [-0.2, -0.15) is 5.10 Å². The van der Waals surface area contributed by atoms with Crippen molar-refractivity contribution in [1.82, 2.24) is 10.3 Å². The largest absolute Gasteiger partial charge is 0.484 e. The van der Waals surface area contributed by atoms with Gasteiger partial charge in [-0.05, 0) is 50.6 Å². The molecule has 0 radical (unpaired) electrons. The molecule has 1 rings (SSSR count). The molecule has 0 heterocycles. The van der Waals surface area contributed by atoms with Crippen LogP contribution in [0.4, 0.5) is 4.79 Å². The zero-order valence-corrected chi connectivity index (χ0v) is 14.0. The monoisotopic (exact) mass is 321 g/mol. The molecule has 1 aromatic rings. The number of methoxy groups -OCH3 is 1. The van der Waals surface area contributed by atoms with E-state index in [9.17, 15) is 9.59 Å². The quantitative estimate of drug-likeness (QED) is 0.615. The van der Waals surface area contributed by atoms with E-state index in [0.29, 0.717) is 24.6 Å². The second-order valence-electron chi connectivity index (χ2n) is 4.68. The van der Waals surface area contributed by atoms with E-state index in [4.69, 9.17) is 4.74 Å². The standard InChI is InChI=1S/C16H23N3O4/c1-5-19(6-2)15(20)11-23-14-9-7-13(8-10-14)12(3)17-18-16(21)22-4/h7-10H,5-6,11H2,1-4H3,(H,18,21)/b17-12-. The van der Waals surface area contributed by atoms with Gasteiger partial charge in [0.05, 0.1) is 12.8 Å². The van der Waals surface area contributed by atoms with Crippen molar-refractivity contribution in [2.75, 3.05) is 26.8 Å². The number of hydrogen-bond donors (Lipinski definition) is 1. The Kier molecular flexibility index (Phi) is 7.59. The maximum atomic E-state index is 11.9. The molecule has 0 atom stereocenters. The highest BCUT2D eigenvalue weighted by Crippen LogP contribution is 2.13. The van der Waals surface area contributed by atoms with Gasteiger partial charge in [-0.1, -0.05) is 0 Å². The Balaban J connectivity index is 2.59. The third-order valence-corrected chi connectivity index (χ3v) is 3.25. The third kappa shape index (κ3) is 5.98. The number of likely N-dealkylation sites (N-methyl/N-ethyl adjacent to an activating group) is 1. The molecule has 126 valence electrons. The Bertz CT molecular complexity index is 551. The van der Waals surface area contributed by atoms with Crippen LogP contribution in [0.5, 0.6) is 5.75 Å². The van der Waals surface area contributed by atoms with Gasteiger partial charge in [0.1, 0.15) is 5.75 Å². The molecule has 0 fully saturated rings. The van der Waals surface area contributed by atoms with Gasteiger partial charge >= 0.3 is 6.09 Å². The molecule has 0 aliphatic heterocycles. The lowest BCUT2D eigenvalue weighted by atomic mass is 10.1. The summed E-state index contributed by atoms with van der Waals surface area (Å²) in [5.74, 6) is 0.557. The number of carbonyl (C=O) groups excluding carboxylic acids is 2. The average molecular weight is 321 g/mol. The predicted octanol–water partition coefficient (Wildman–Crippen LogP) is 2.01. The first-order valence-electron chi connectivity index (χ1n) is 7.41. The number of amides is 2. The van der Waals surface area contributed by atoms with E-state index >= 15 is 0 Å². The summed E-state index contributed by atoms with van der Waals surface area (Å²) in [5, 5.41) is 3.90. The number of carbonyl (C=O) groups is 2. The van der Waals surface area contributed by atoms with E-state index in [2.05, 4.69) is 15.3 Å². The van der Waals surface area contributed by atoms with Crippen molar-refractivity contribution < 1.29 is 19.1 Å². The topological polar surface area (TPSA) is 80.2 Å². The Morgan fingerprint density at radius 1 is 1.17 bits per heavy atom. The Morgan fingerprint density at radius 3 is 2.30 bits per heavy atom. The zero-order valence-electron chi connectivity index (χ0n) is 14.0. The molecule has 7 heteroatoms. The predicted molar refractivity (Wildman–Crippen MR) is 87.6 cm³/mol. The summed E-state index contributed by atoms with van der Waals surface area (Å²) < 4.78 is 9.92. The van der Waals surface area contributed by atoms with Crippen LogP contribution in [0.2, 0.25) is 0 Å². The van der Waals surface area contributed by atoms with Crippen LogP contribution in [0, 0.1) is 0 Å². The van der Waals surface area contributed by atoms with Crippen LogP contribution >= 0.6 is 0 Å². The average Bonchev–Trinajstić information content (AvgIpc) is 2.59. The smallest absolute Gasteiger partial charge is 0.427 e. The number of nitrogens with one attached hydrogen (secondary N) is 1. The van der Waals surface area contributed by atoms with Crippen LogP contribution in [0.1, 0.15) is 26.3 Å². The highest BCUT2D eigenvalue weighted by atomic mass is 16.5. The Hall–Kier alpha value is -2.57. The molecule has 7 nitrogen and oxygen atoms in total. The molecule has 0 saturated carbocycles. The van der Waals surface area contributed by atoms with Gasteiger partial charge in [0.2, 0.25) is 0 Å². The van der Waals surface area contributed by atoms with Gasteiger partial charge in [-0.15, -0.1) is 0 Å². The van der Waals surface area contributed by atoms with Crippen LogP contribution in [0.15, 0.2) is 29.4 Å². The molecule has 0 aliphatic carbocycles. The highest BCUT2D eigenvalue weighted by molar-refractivity contribution is 5.99. The van der Waals surface area contributed by atoms with Crippen molar-refractivity contribution in [1.29, 1.82) is 0 Å². The highest BCUT2D eigenvalue weighted by Gasteiger charge is 2.10. The van der Waals surface area contributed by atoms with E-state index in [-0.39, 0.29) is 12.5 Å². The molecule has 2 amide bonds. The lowest BCUT2D eigenvalue weighted by Gasteiger charge is -2.18. The summed E-state index contributed by atoms with van der Waals surface area (Å²) in [6.07, 6.45) is -0.626. The van der Waals surface area contributed by atoms with Crippen molar-refractivity contribution in [3.8, 4) is 5.75 Å². The number of nitrogens with zero attached hydrogens (tertiary/aromatic N) is 2. The van der Waals surface area contributed by atoms with Crippen LogP contribution < -0.4 is 10.2 Å². The van der Waals surface area contributed by atoms with Gasteiger partial charge < -0.3 is 14.4 Å². The fourth-order valence-electron chi connectivity index (χ4n) is 1.84. The molecular formula is C16H23N3O4. The maximum Gasteiger partial charge on any atom is 0.427 e. The molecular weight excluding hydrogens is 298 g/mol. The van der Waals surface area contributed by atoms with E-state index in [1.807, 2.05) is 13.8 Å². The molecule has 1 N–H and O–H groups in total. The van der Waals surface area contributed by atoms with E-state index in [1.54, 1.807) is 36.1 Å².